The van der Waals surface area contributed by atoms with E-state index in [1.807, 2.05) is 0 Å². The third kappa shape index (κ3) is 0.915. The molecule has 0 amide bonds. The van der Waals surface area contributed by atoms with Crippen molar-refractivity contribution in [1.29, 1.82) is 0 Å². The topological polar surface area (TPSA) is 75.7 Å². The SMILES string of the molecule is COC(=O)C12N=CN=CC1=NC=N2. The van der Waals surface area contributed by atoms with E-state index in [-0.39, 0.29) is 0 Å². The number of rotatable bonds is 1. The Hall–Kier alpha value is -1.85. The van der Waals surface area contributed by atoms with Gasteiger partial charge in [-0.1, -0.05) is 0 Å². The molecule has 0 aromatic rings. The molecule has 1 atom stereocenters. The van der Waals surface area contributed by atoms with Gasteiger partial charge in [0.05, 0.1) is 13.3 Å². The summed E-state index contributed by atoms with van der Waals surface area (Å²) in [7, 11) is 1.28. The van der Waals surface area contributed by atoms with Crippen molar-refractivity contribution in [3.8, 4) is 0 Å². The van der Waals surface area contributed by atoms with Gasteiger partial charge in [0.25, 0.3) is 5.66 Å². The highest BCUT2D eigenvalue weighted by atomic mass is 16.5. The van der Waals surface area contributed by atoms with Crippen LogP contribution in [0.25, 0.3) is 0 Å². The average molecular weight is 178 g/mol. The van der Waals surface area contributed by atoms with Crippen LogP contribution in [0.1, 0.15) is 0 Å². The average Bonchev–Trinajstić information content (AvgIpc) is 2.61. The van der Waals surface area contributed by atoms with Crippen molar-refractivity contribution in [2.45, 2.75) is 5.66 Å². The lowest BCUT2D eigenvalue weighted by molar-refractivity contribution is -0.143. The maximum atomic E-state index is 11.4. The molecule has 13 heavy (non-hydrogen) atoms. The number of esters is 1. The van der Waals surface area contributed by atoms with E-state index in [1.54, 1.807) is 0 Å². The second-order valence-corrected chi connectivity index (χ2v) is 2.45. The van der Waals surface area contributed by atoms with Crippen molar-refractivity contribution in [1.82, 2.24) is 0 Å². The summed E-state index contributed by atoms with van der Waals surface area (Å²) in [5, 5.41) is 0. The molecule has 0 saturated heterocycles. The highest BCUT2D eigenvalue weighted by Gasteiger charge is 2.46. The van der Waals surface area contributed by atoms with E-state index in [0.717, 1.165) is 0 Å². The van der Waals surface area contributed by atoms with Gasteiger partial charge in [0.1, 0.15) is 18.4 Å². The zero-order chi connectivity index (χ0) is 9.31. The summed E-state index contributed by atoms with van der Waals surface area (Å²) in [5.41, 5.74) is -0.932. The Kier molecular flexibility index (Phi) is 1.54. The highest BCUT2D eigenvalue weighted by molar-refractivity contribution is 6.44. The summed E-state index contributed by atoms with van der Waals surface area (Å²) in [5.74, 6) is -0.553. The Morgan fingerprint density at radius 3 is 3.00 bits per heavy atom. The molecule has 0 aromatic heterocycles. The molecular formula is C7H6N4O2. The standard InChI is InChI=1S/C7H6N4O2/c1-13-6(12)7-5(9-4-11-7)2-8-3-10-7/h2-4H,1H3. The van der Waals surface area contributed by atoms with Crippen LogP contribution in [0.3, 0.4) is 0 Å². The monoisotopic (exact) mass is 178 g/mol. The third-order valence-electron chi connectivity index (χ3n) is 1.78. The van der Waals surface area contributed by atoms with Gasteiger partial charge in [-0.2, -0.15) is 0 Å². The van der Waals surface area contributed by atoms with Crippen molar-refractivity contribution >= 4 is 30.6 Å². The molecule has 0 saturated carbocycles. The molecule has 66 valence electrons. The van der Waals surface area contributed by atoms with Gasteiger partial charge in [0.15, 0.2) is 0 Å². The zero-order valence-corrected chi connectivity index (χ0v) is 6.84. The molecule has 6 nitrogen and oxygen atoms in total. The van der Waals surface area contributed by atoms with Crippen molar-refractivity contribution in [3.05, 3.63) is 0 Å². The van der Waals surface area contributed by atoms with Gasteiger partial charge in [0, 0.05) is 0 Å². The molecule has 0 spiro atoms. The van der Waals surface area contributed by atoms with Crippen LogP contribution in [0.4, 0.5) is 0 Å². The van der Waals surface area contributed by atoms with Gasteiger partial charge in [-0.3, -0.25) is 0 Å². The predicted molar refractivity (Wildman–Crippen MR) is 47.7 cm³/mol. The molecule has 0 aliphatic carbocycles. The normalized spacial score (nSPS) is 28.5. The number of aliphatic imine (C=N–C) groups is 4. The molecule has 2 aliphatic heterocycles. The van der Waals surface area contributed by atoms with Crippen LogP contribution in [0.5, 0.6) is 0 Å². The van der Waals surface area contributed by atoms with E-state index in [0.29, 0.717) is 5.71 Å². The van der Waals surface area contributed by atoms with Gasteiger partial charge in [-0.05, 0) is 0 Å². The lowest BCUT2D eigenvalue weighted by Gasteiger charge is -2.19. The number of ether oxygens (including phenoxy) is 1. The minimum atomic E-state index is -1.32. The van der Waals surface area contributed by atoms with E-state index in [2.05, 4.69) is 24.7 Å². The number of hydrogen-bond donors (Lipinski definition) is 0. The van der Waals surface area contributed by atoms with Crippen LogP contribution in [0, 0.1) is 0 Å². The highest BCUT2D eigenvalue weighted by Crippen LogP contribution is 2.22. The van der Waals surface area contributed by atoms with E-state index in [9.17, 15) is 4.79 Å². The van der Waals surface area contributed by atoms with Crippen molar-refractivity contribution in [3.63, 3.8) is 0 Å². The second kappa shape index (κ2) is 2.58. The maximum absolute atomic E-state index is 11.4. The van der Waals surface area contributed by atoms with Crippen LogP contribution in [-0.4, -0.2) is 43.3 Å². The largest absolute Gasteiger partial charge is 0.465 e. The minimum Gasteiger partial charge on any atom is -0.465 e. The number of nitrogens with zero attached hydrogens (tertiary/aromatic N) is 4. The summed E-state index contributed by atoms with van der Waals surface area (Å²) in [6, 6.07) is 0. The first kappa shape index (κ1) is 7.78. The predicted octanol–water partition coefficient (Wildman–Crippen LogP) is -0.549. The summed E-state index contributed by atoms with van der Waals surface area (Å²) in [4.78, 5) is 26.7. The molecular weight excluding hydrogens is 172 g/mol. The fourth-order valence-corrected chi connectivity index (χ4v) is 1.13. The van der Waals surface area contributed by atoms with Gasteiger partial charge >= 0.3 is 5.97 Å². The molecule has 0 aromatic carbocycles. The quantitative estimate of drug-likeness (QED) is 0.505. The number of methoxy groups -OCH3 is 1. The molecule has 0 bridgehead atoms. The molecule has 0 radical (unpaired) electrons. The number of hydrogen-bond acceptors (Lipinski definition) is 6. The summed E-state index contributed by atoms with van der Waals surface area (Å²) in [6.45, 7) is 0. The smallest absolute Gasteiger partial charge is 0.363 e. The summed E-state index contributed by atoms with van der Waals surface area (Å²) in [6.07, 6.45) is 3.98. The lowest BCUT2D eigenvalue weighted by Crippen LogP contribution is -2.44. The minimum absolute atomic E-state index is 0.391. The van der Waals surface area contributed by atoms with Gasteiger partial charge < -0.3 is 4.74 Å². The first-order valence-corrected chi connectivity index (χ1v) is 3.57. The Labute approximate surface area is 73.8 Å². The molecule has 2 heterocycles. The Morgan fingerprint density at radius 2 is 2.23 bits per heavy atom. The lowest BCUT2D eigenvalue weighted by atomic mass is 10.1. The van der Waals surface area contributed by atoms with E-state index < -0.39 is 11.6 Å². The zero-order valence-electron chi connectivity index (χ0n) is 6.84. The van der Waals surface area contributed by atoms with Gasteiger partial charge in [0.2, 0.25) is 0 Å². The van der Waals surface area contributed by atoms with Crippen LogP contribution >= 0.6 is 0 Å². The first-order valence-electron chi connectivity index (χ1n) is 3.57. The van der Waals surface area contributed by atoms with Crippen molar-refractivity contribution < 1.29 is 9.53 Å². The fraction of sp³-hybridized carbons (Fsp3) is 0.286. The molecule has 0 fully saturated rings. The number of fused-ring (bicyclic) bond motifs is 1. The van der Waals surface area contributed by atoms with E-state index in [1.165, 1.54) is 26.0 Å². The molecule has 2 rings (SSSR count). The number of carbonyl (C=O) groups excluding carboxylic acids is 1. The second-order valence-electron chi connectivity index (χ2n) is 2.45. The molecule has 0 N–H and O–H groups in total. The Morgan fingerprint density at radius 1 is 1.46 bits per heavy atom. The van der Waals surface area contributed by atoms with Crippen LogP contribution in [0.2, 0.25) is 0 Å². The Bertz CT molecular complexity index is 369. The number of carbonyl (C=O) groups is 1. The molecule has 6 heteroatoms. The Balaban J connectivity index is 2.46. The van der Waals surface area contributed by atoms with E-state index >= 15 is 0 Å². The van der Waals surface area contributed by atoms with Gasteiger partial charge in [-0.15, -0.1) is 0 Å². The molecule has 2 aliphatic rings. The molecule has 1 unspecified atom stereocenters. The van der Waals surface area contributed by atoms with Gasteiger partial charge in [-0.25, -0.2) is 24.8 Å². The van der Waals surface area contributed by atoms with E-state index in [4.69, 9.17) is 0 Å². The summed E-state index contributed by atoms with van der Waals surface area (Å²) < 4.78 is 4.59. The van der Waals surface area contributed by atoms with Crippen LogP contribution in [0.15, 0.2) is 20.0 Å². The third-order valence-corrected chi connectivity index (χ3v) is 1.78. The maximum Gasteiger partial charge on any atom is 0.363 e. The van der Waals surface area contributed by atoms with Crippen molar-refractivity contribution in [2.24, 2.45) is 20.0 Å². The van der Waals surface area contributed by atoms with Crippen LogP contribution in [-0.2, 0) is 9.53 Å². The fourth-order valence-electron chi connectivity index (χ4n) is 1.13. The summed E-state index contributed by atoms with van der Waals surface area (Å²) >= 11 is 0. The first-order chi connectivity index (χ1) is 6.29. The van der Waals surface area contributed by atoms with Crippen molar-refractivity contribution in [2.75, 3.05) is 7.11 Å². The van der Waals surface area contributed by atoms with Crippen LogP contribution < -0.4 is 0 Å².